The number of carbonyl (C=O) groups is 1. The first-order chi connectivity index (χ1) is 8.60. The standard InChI is InChI=1S/C13H27NO/c1-5-8-13(9-6-2,10-7-3)11-14-12(4)15/h5-11H2,1-4H3,(H,14,15)/i1T,2T,3T. The molecule has 0 atom stereocenters. The second-order valence-corrected chi connectivity index (χ2v) is 4.22. The Morgan fingerprint density at radius 1 is 1.13 bits per heavy atom. The first-order valence-corrected chi connectivity index (χ1v) is 5.72. The van der Waals surface area contributed by atoms with Crippen LogP contribution in [0.2, 0.25) is 0 Å². The molecule has 0 saturated carbocycles. The van der Waals surface area contributed by atoms with Crippen LogP contribution in [-0.2, 0) is 4.79 Å². The lowest BCUT2D eigenvalue weighted by Crippen LogP contribution is -2.36. The van der Waals surface area contributed by atoms with E-state index in [9.17, 15) is 4.79 Å². The molecular weight excluding hydrogens is 186 g/mol. The third kappa shape index (κ3) is 5.81. The molecule has 0 bridgehead atoms. The van der Waals surface area contributed by atoms with E-state index in [1.807, 2.05) is 0 Å². The summed E-state index contributed by atoms with van der Waals surface area (Å²) in [7, 11) is 0. The predicted molar refractivity (Wildman–Crippen MR) is 65.8 cm³/mol. The van der Waals surface area contributed by atoms with E-state index < -0.39 is 0 Å². The Morgan fingerprint density at radius 3 is 1.93 bits per heavy atom. The lowest BCUT2D eigenvalue weighted by Gasteiger charge is -2.33. The molecule has 0 fully saturated rings. The van der Waals surface area contributed by atoms with Crippen molar-refractivity contribution in [3.8, 4) is 0 Å². The Balaban J connectivity index is 4.55. The Labute approximate surface area is 99.0 Å². The van der Waals surface area contributed by atoms with Crippen molar-refractivity contribution in [2.24, 2.45) is 5.41 Å². The van der Waals surface area contributed by atoms with Crippen LogP contribution in [0.5, 0.6) is 0 Å². The highest BCUT2D eigenvalue weighted by Gasteiger charge is 2.27. The molecule has 90 valence electrons. The molecule has 0 heterocycles. The molecular formula is C13H27NO. The van der Waals surface area contributed by atoms with Gasteiger partial charge in [-0.15, -0.1) is 0 Å². The third-order valence-electron chi connectivity index (χ3n) is 2.83. The number of amides is 1. The molecule has 1 amide bonds. The summed E-state index contributed by atoms with van der Waals surface area (Å²) in [6, 6.07) is 0. The van der Waals surface area contributed by atoms with Crippen LogP contribution in [0.25, 0.3) is 0 Å². The molecule has 0 aliphatic rings. The fourth-order valence-corrected chi connectivity index (χ4v) is 2.08. The molecule has 0 aliphatic carbocycles. The molecule has 2 heteroatoms. The summed E-state index contributed by atoms with van der Waals surface area (Å²) in [4.78, 5) is 11.1. The van der Waals surface area contributed by atoms with Gasteiger partial charge in [-0.2, -0.15) is 0 Å². The van der Waals surface area contributed by atoms with Gasteiger partial charge in [0.25, 0.3) is 0 Å². The van der Waals surface area contributed by atoms with Crippen LogP contribution in [-0.4, -0.2) is 12.5 Å². The van der Waals surface area contributed by atoms with Gasteiger partial charge in [0.15, 0.2) is 0 Å². The maximum absolute atomic E-state index is 11.1. The van der Waals surface area contributed by atoms with Crippen LogP contribution in [0.3, 0.4) is 0 Å². The minimum absolute atomic E-state index is 0.00514. The van der Waals surface area contributed by atoms with E-state index in [2.05, 4.69) is 5.32 Å². The van der Waals surface area contributed by atoms with Crippen molar-refractivity contribution in [2.75, 3.05) is 6.54 Å². The topological polar surface area (TPSA) is 29.1 Å². The highest BCUT2D eigenvalue weighted by atomic mass is 16.1. The summed E-state index contributed by atoms with van der Waals surface area (Å²) < 4.78 is 21.9. The van der Waals surface area contributed by atoms with E-state index >= 15 is 0 Å². The van der Waals surface area contributed by atoms with E-state index in [-0.39, 0.29) is 11.3 Å². The van der Waals surface area contributed by atoms with Crippen LogP contribution in [0, 0.1) is 5.41 Å². The summed E-state index contributed by atoms with van der Waals surface area (Å²) in [5.41, 5.74) is -0.00514. The minimum atomic E-state index is -0.0259. The van der Waals surface area contributed by atoms with Crippen LogP contribution in [0.15, 0.2) is 0 Å². The highest BCUT2D eigenvalue weighted by molar-refractivity contribution is 5.72. The first-order valence-electron chi connectivity index (χ1n) is 7.84. The average Bonchev–Trinajstić information content (AvgIpc) is 2.37. The minimum Gasteiger partial charge on any atom is -0.356 e. The predicted octanol–water partition coefficient (Wildman–Crippen LogP) is 3.51. The number of rotatable bonds is 8. The number of hydrogen-bond acceptors (Lipinski definition) is 1. The molecule has 0 saturated heterocycles. The normalized spacial score (nSPS) is 14.1. The molecule has 0 aromatic carbocycles. The molecule has 15 heavy (non-hydrogen) atoms. The lowest BCUT2D eigenvalue weighted by atomic mass is 9.75. The number of nitrogens with one attached hydrogen (secondary N) is 1. The quantitative estimate of drug-likeness (QED) is 0.665. The molecule has 0 radical (unpaired) electrons. The smallest absolute Gasteiger partial charge is 0.216 e. The van der Waals surface area contributed by atoms with Crippen molar-refractivity contribution in [3.05, 3.63) is 0 Å². The number of hydrogen-bond donors (Lipinski definition) is 1. The van der Waals surface area contributed by atoms with Crippen molar-refractivity contribution in [2.45, 2.75) is 66.1 Å². The molecule has 0 aliphatic heterocycles. The second-order valence-electron chi connectivity index (χ2n) is 4.22. The van der Waals surface area contributed by atoms with Gasteiger partial charge in [0, 0.05) is 17.6 Å². The van der Waals surface area contributed by atoms with Crippen molar-refractivity contribution < 1.29 is 8.91 Å². The third-order valence-corrected chi connectivity index (χ3v) is 2.83. The van der Waals surface area contributed by atoms with Gasteiger partial charge in [0.05, 0.1) is 0 Å². The summed E-state index contributed by atoms with van der Waals surface area (Å²) in [5, 5.41) is 2.89. The van der Waals surface area contributed by atoms with Crippen molar-refractivity contribution in [1.29, 1.82) is 0 Å². The molecule has 0 rings (SSSR count). The highest BCUT2D eigenvalue weighted by Crippen LogP contribution is 2.34. The van der Waals surface area contributed by atoms with E-state index in [4.69, 9.17) is 4.11 Å². The van der Waals surface area contributed by atoms with E-state index in [1.54, 1.807) is 0 Å². The van der Waals surface area contributed by atoms with Crippen LogP contribution in [0.4, 0.5) is 0 Å². The molecule has 1 N–H and O–H groups in total. The Bertz CT molecular complexity index is 203. The fourth-order valence-electron chi connectivity index (χ4n) is 2.08. The van der Waals surface area contributed by atoms with Gasteiger partial charge in [-0.05, 0) is 24.7 Å². The van der Waals surface area contributed by atoms with Gasteiger partial charge in [-0.1, -0.05) is 40.0 Å². The second kappa shape index (κ2) is 7.72. The maximum Gasteiger partial charge on any atom is 0.216 e. The van der Waals surface area contributed by atoms with Gasteiger partial charge >= 0.3 is 0 Å². The molecule has 0 spiro atoms. The summed E-state index contributed by atoms with van der Waals surface area (Å²) in [6.45, 7) is 3.36. The van der Waals surface area contributed by atoms with Crippen LogP contribution < -0.4 is 5.32 Å². The van der Waals surface area contributed by atoms with Gasteiger partial charge in [0.1, 0.15) is 0 Å². The van der Waals surface area contributed by atoms with Crippen molar-refractivity contribution in [1.82, 2.24) is 5.32 Å². The number of carbonyl (C=O) groups excluding carboxylic acids is 1. The summed E-state index contributed by atoms with van der Waals surface area (Å²) >= 11 is 0. The van der Waals surface area contributed by atoms with Gasteiger partial charge in [-0.25, -0.2) is 0 Å². The van der Waals surface area contributed by atoms with Gasteiger partial charge < -0.3 is 5.32 Å². The van der Waals surface area contributed by atoms with Crippen LogP contribution in [0.1, 0.15) is 70.3 Å². The largest absolute Gasteiger partial charge is 0.356 e. The average molecular weight is 219 g/mol. The fraction of sp³-hybridized carbons (Fsp3) is 0.923. The Morgan fingerprint density at radius 2 is 1.60 bits per heavy atom. The van der Waals surface area contributed by atoms with Crippen LogP contribution >= 0.6 is 0 Å². The molecule has 0 unspecified atom stereocenters. The van der Waals surface area contributed by atoms with E-state index in [0.717, 1.165) is 38.5 Å². The SMILES string of the molecule is [3H]CCCC(CCC[3H])(CCC[3H])CNC(C)=O. The molecule has 0 aromatic heterocycles. The maximum atomic E-state index is 11.1. The first kappa shape index (κ1) is 9.68. The van der Waals surface area contributed by atoms with Crippen molar-refractivity contribution >= 4 is 5.91 Å². The molecule has 0 aromatic rings. The zero-order chi connectivity index (χ0) is 13.9. The monoisotopic (exact) mass is 219 g/mol. The zero-order valence-electron chi connectivity index (χ0n) is 13.0. The van der Waals surface area contributed by atoms with Gasteiger partial charge in [-0.3, -0.25) is 4.79 Å². The summed E-state index contributed by atoms with van der Waals surface area (Å²) in [5.74, 6) is -0.0259. The molecule has 2 nitrogen and oxygen atoms in total. The summed E-state index contributed by atoms with van der Waals surface area (Å²) in [6.07, 6.45) is 5.23. The Kier molecular flexibility index (Phi) is 4.98. The van der Waals surface area contributed by atoms with E-state index in [1.165, 1.54) is 6.92 Å². The zero-order valence-corrected chi connectivity index (χ0v) is 9.98. The van der Waals surface area contributed by atoms with E-state index in [0.29, 0.717) is 27.2 Å². The lowest BCUT2D eigenvalue weighted by molar-refractivity contribution is -0.119. The van der Waals surface area contributed by atoms with Crippen molar-refractivity contribution in [3.63, 3.8) is 0 Å². The Hall–Kier alpha value is -0.530. The van der Waals surface area contributed by atoms with Gasteiger partial charge in [0.2, 0.25) is 5.91 Å².